The lowest BCUT2D eigenvalue weighted by Gasteiger charge is -2.13. The molecule has 0 radical (unpaired) electrons. The fourth-order valence-corrected chi connectivity index (χ4v) is 3.05. The molecule has 0 aliphatic carbocycles. The summed E-state index contributed by atoms with van der Waals surface area (Å²) >= 11 is 0. The highest BCUT2D eigenvalue weighted by Crippen LogP contribution is 2.46. The van der Waals surface area contributed by atoms with Crippen molar-refractivity contribution in [2.75, 3.05) is 6.61 Å². The average Bonchev–Trinajstić information content (AvgIpc) is 3.14. The van der Waals surface area contributed by atoms with E-state index in [4.69, 9.17) is 9.15 Å². The number of phenols is 2. The van der Waals surface area contributed by atoms with E-state index < -0.39 is 62.3 Å². The van der Waals surface area contributed by atoms with Crippen molar-refractivity contribution >= 4 is 11.7 Å². The number of nitro groups is 1. The predicted molar refractivity (Wildman–Crippen MR) is 103 cm³/mol. The van der Waals surface area contributed by atoms with E-state index in [0.717, 1.165) is 24.6 Å². The van der Waals surface area contributed by atoms with Gasteiger partial charge in [-0.25, -0.2) is 4.79 Å². The van der Waals surface area contributed by atoms with E-state index >= 15 is 0 Å². The Balaban J connectivity index is 2.36. The molecule has 168 valence electrons. The third kappa shape index (κ3) is 4.06. The third-order valence-electron chi connectivity index (χ3n) is 4.44. The Kier molecular flexibility index (Phi) is 5.80. The number of halogens is 3. The molecule has 0 spiro atoms. The van der Waals surface area contributed by atoms with Crippen molar-refractivity contribution in [2.24, 2.45) is 0 Å². The van der Waals surface area contributed by atoms with Gasteiger partial charge in [0, 0.05) is 34.6 Å². The molecule has 0 atom stereocenters. The minimum atomic E-state index is -4.83. The minimum absolute atomic E-state index is 0.0618. The number of nitrogens with zero attached hydrogens (tertiary/aromatic N) is 2. The average molecular weight is 452 g/mol. The van der Waals surface area contributed by atoms with E-state index in [1.54, 1.807) is 0 Å². The number of alkyl halides is 3. The lowest BCUT2D eigenvalue weighted by atomic mass is 9.97. The number of ether oxygens (including phenoxy) is 1. The number of furan rings is 1. The predicted octanol–water partition coefficient (Wildman–Crippen LogP) is 4.83. The highest BCUT2D eigenvalue weighted by molar-refractivity contribution is 6.04. The number of carbonyl (C=O) groups excluding carboxylic acids is 1. The first-order valence-electron chi connectivity index (χ1n) is 8.99. The van der Waals surface area contributed by atoms with Gasteiger partial charge in [0.25, 0.3) is 5.69 Å². The number of benzene rings is 1. The Hall–Kier alpha value is -4.09. The summed E-state index contributed by atoms with van der Waals surface area (Å²) in [7, 11) is 0. The third-order valence-corrected chi connectivity index (χ3v) is 4.44. The Labute approximate surface area is 177 Å². The van der Waals surface area contributed by atoms with Gasteiger partial charge in [-0.15, -0.1) is 0 Å². The molecule has 3 rings (SSSR count). The van der Waals surface area contributed by atoms with Crippen molar-refractivity contribution in [1.82, 2.24) is 4.98 Å². The number of hydrogen-bond donors (Lipinski definition) is 2. The van der Waals surface area contributed by atoms with Crippen LogP contribution in [0.4, 0.5) is 18.9 Å². The Morgan fingerprint density at radius 1 is 1.22 bits per heavy atom. The van der Waals surface area contributed by atoms with Gasteiger partial charge in [-0.2, -0.15) is 13.2 Å². The molecule has 1 aromatic carbocycles. The molecule has 0 aliphatic heterocycles. The van der Waals surface area contributed by atoms with Crippen molar-refractivity contribution in [3.05, 3.63) is 57.6 Å². The molecule has 0 saturated heterocycles. The molecular formula is C20H15F3N2O7. The second kappa shape index (κ2) is 8.21. The normalized spacial score (nSPS) is 11.4. The van der Waals surface area contributed by atoms with E-state index in [2.05, 4.69) is 4.98 Å². The van der Waals surface area contributed by atoms with Gasteiger partial charge in [0.1, 0.15) is 11.8 Å². The largest absolute Gasteiger partial charge is 0.504 e. The van der Waals surface area contributed by atoms with E-state index in [0.29, 0.717) is 6.07 Å². The zero-order chi connectivity index (χ0) is 23.8. The van der Waals surface area contributed by atoms with Gasteiger partial charge in [0.05, 0.1) is 23.2 Å². The van der Waals surface area contributed by atoms with Gasteiger partial charge < -0.3 is 19.4 Å². The van der Waals surface area contributed by atoms with Crippen molar-refractivity contribution in [3.63, 3.8) is 0 Å². The van der Waals surface area contributed by atoms with Crippen molar-refractivity contribution < 1.29 is 42.3 Å². The fourth-order valence-electron chi connectivity index (χ4n) is 3.05. The lowest BCUT2D eigenvalue weighted by Crippen LogP contribution is -2.11. The van der Waals surface area contributed by atoms with E-state index in [1.165, 1.54) is 13.8 Å². The second-order valence-corrected chi connectivity index (χ2v) is 6.56. The number of aromatic nitrogens is 1. The van der Waals surface area contributed by atoms with Crippen LogP contribution in [0.2, 0.25) is 0 Å². The summed E-state index contributed by atoms with van der Waals surface area (Å²) in [6.07, 6.45) is -3.12. The van der Waals surface area contributed by atoms with Crippen LogP contribution in [-0.2, 0) is 10.9 Å². The zero-order valence-electron chi connectivity index (χ0n) is 16.6. The van der Waals surface area contributed by atoms with Crippen molar-refractivity contribution in [1.29, 1.82) is 0 Å². The number of carbonyl (C=O) groups is 1. The molecule has 0 fully saturated rings. The molecule has 2 heterocycles. The Morgan fingerprint density at radius 3 is 2.50 bits per heavy atom. The van der Waals surface area contributed by atoms with Crippen LogP contribution in [0.25, 0.3) is 22.5 Å². The summed E-state index contributed by atoms with van der Waals surface area (Å²) in [6, 6.07) is 2.28. The molecule has 0 amide bonds. The first kappa shape index (κ1) is 22.6. The Bertz CT molecular complexity index is 1220. The number of rotatable bonds is 5. The van der Waals surface area contributed by atoms with Crippen LogP contribution in [-0.4, -0.2) is 32.7 Å². The van der Waals surface area contributed by atoms with Gasteiger partial charge in [0.15, 0.2) is 17.3 Å². The van der Waals surface area contributed by atoms with Crippen LogP contribution >= 0.6 is 0 Å². The van der Waals surface area contributed by atoms with Crippen LogP contribution < -0.4 is 0 Å². The molecule has 9 nitrogen and oxygen atoms in total. The number of non-ortho nitro benzene ring substituents is 1. The molecule has 2 aromatic heterocycles. The van der Waals surface area contributed by atoms with E-state index in [-0.39, 0.29) is 17.9 Å². The molecule has 0 aliphatic rings. The fraction of sp³-hybridized carbons (Fsp3) is 0.200. The first-order valence-corrected chi connectivity index (χ1v) is 8.99. The highest BCUT2D eigenvalue weighted by atomic mass is 19.4. The second-order valence-electron chi connectivity index (χ2n) is 6.56. The van der Waals surface area contributed by atoms with Gasteiger partial charge >= 0.3 is 12.1 Å². The molecule has 32 heavy (non-hydrogen) atoms. The topological polar surface area (TPSA) is 136 Å². The molecule has 2 N–H and O–H groups in total. The molecular weight excluding hydrogens is 437 g/mol. The van der Waals surface area contributed by atoms with Crippen LogP contribution in [0.1, 0.15) is 28.5 Å². The number of aromatic hydroxyl groups is 2. The summed E-state index contributed by atoms with van der Waals surface area (Å²) in [5, 5.41) is 31.3. The standard InChI is InChI=1S/C20H15F3N2O7/c1-3-31-19(28)16-13(11-5-10(25(29)30)6-15(26)17(11)27)8-32-18(16)12-7-24-9(2)4-14(12)20(21,22)23/h4-8,26-27H,3H2,1-2H3. The number of pyridine rings is 1. The molecule has 0 bridgehead atoms. The SMILES string of the molecule is CCOC(=O)c1c(-c2cc([N+](=O)[O-])cc(O)c2O)coc1-c1cnc(C)cc1C(F)(F)F. The maximum absolute atomic E-state index is 13.6. The number of esters is 1. The molecule has 0 unspecified atom stereocenters. The van der Waals surface area contributed by atoms with Crippen molar-refractivity contribution in [3.8, 4) is 33.9 Å². The monoisotopic (exact) mass is 452 g/mol. The number of nitro benzene ring substituents is 1. The van der Waals surface area contributed by atoms with Crippen LogP contribution in [0.15, 0.2) is 35.1 Å². The van der Waals surface area contributed by atoms with E-state index in [9.17, 15) is 38.3 Å². The number of aryl methyl sites for hydroxylation is 1. The Morgan fingerprint density at radius 2 is 1.91 bits per heavy atom. The van der Waals surface area contributed by atoms with Crippen molar-refractivity contribution in [2.45, 2.75) is 20.0 Å². The summed E-state index contributed by atoms with van der Waals surface area (Å²) in [5.74, 6) is -3.39. The van der Waals surface area contributed by atoms with Crippen LogP contribution in [0.3, 0.4) is 0 Å². The van der Waals surface area contributed by atoms with E-state index in [1.807, 2.05) is 0 Å². The van der Waals surface area contributed by atoms with Gasteiger partial charge in [-0.05, 0) is 19.9 Å². The van der Waals surface area contributed by atoms with Gasteiger partial charge in [-0.3, -0.25) is 15.1 Å². The minimum Gasteiger partial charge on any atom is -0.504 e. The molecule has 12 heteroatoms. The summed E-state index contributed by atoms with van der Waals surface area (Å²) in [4.78, 5) is 26.8. The number of phenolic OH excluding ortho intramolecular Hbond substituents is 2. The molecule has 3 aromatic rings. The summed E-state index contributed by atoms with van der Waals surface area (Å²) in [6.45, 7) is 2.67. The summed E-state index contributed by atoms with van der Waals surface area (Å²) in [5.41, 5.74) is -3.55. The van der Waals surface area contributed by atoms with Gasteiger partial charge in [-0.1, -0.05) is 0 Å². The smallest absolute Gasteiger partial charge is 0.417 e. The lowest BCUT2D eigenvalue weighted by molar-refractivity contribution is -0.384. The van der Waals surface area contributed by atoms with Crippen LogP contribution in [0.5, 0.6) is 11.5 Å². The van der Waals surface area contributed by atoms with Crippen LogP contribution in [0, 0.1) is 17.0 Å². The molecule has 0 saturated carbocycles. The summed E-state index contributed by atoms with van der Waals surface area (Å²) < 4.78 is 51.1. The maximum atomic E-state index is 13.6. The quantitative estimate of drug-likeness (QED) is 0.243. The first-order chi connectivity index (χ1) is 15.0. The zero-order valence-corrected chi connectivity index (χ0v) is 16.6. The maximum Gasteiger partial charge on any atom is 0.417 e. The number of hydrogen-bond acceptors (Lipinski definition) is 8. The van der Waals surface area contributed by atoms with Gasteiger partial charge in [0.2, 0.25) is 0 Å². The highest BCUT2D eigenvalue weighted by Gasteiger charge is 2.37.